The Bertz CT molecular complexity index is 377. The summed E-state index contributed by atoms with van der Waals surface area (Å²) in [5.41, 5.74) is 8.90. The Labute approximate surface area is 104 Å². The largest absolute Gasteiger partial charge is 0.495 e. The molecule has 1 aromatic rings. The van der Waals surface area contributed by atoms with Crippen LogP contribution in [-0.2, 0) is 0 Å². The van der Waals surface area contributed by atoms with E-state index in [1.807, 2.05) is 12.1 Å². The molecule has 0 bridgehead atoms. The Kier molecular flexibility index (Phi) is 4.63. The number of hydrogen-bond acceptors (Lipinski definition) is 4. The highest BCUT2D eigenvalue weighted by Gasteiger charge is 2.09. The van der Waals surface area contributed by atoms with Crippen molar-refractivity contribution in [3.63, 3.8) is 0 Å². The fourth-order valence-electron chi connectivity index (χ4n) is 1.76. The maximum atomic E-state index is 5.87. The van der Waals surface area contributed by atoms with Gasteiger partial charge in [0, 0.05) is 31.9 Å². The van der Waals surface area contributed by atoms with E-state index in [4.69, 9.17) is 10.5 Å². The summed E-state index contributed by atoms with van der Waals surface area (Å²) in [6.07, 6.45) is 0. The zero-order valence-corrected chi connectivity index (χ0v) is 11.4. The standard InChI is InChI=1S/C13H23N3O/c1-10-8-11(14)13(17-5)9-12(10)16(4)7-6-15(2)3/h8-9H,6-7,14H2,1-5H3. The molecule has 0 aliphatic carbocycles. The van der Waals surface area contributed by atoms with Crippen molar-refractivity contribution in [2.75, 3.05) is 52.0 Å². The van der Waals surface area contributed by atoms with Gasteiger partial charge in [0.05, 0.1) is 12.8 Å². The molecule has 4 heteroatoms. The van der Waals surface area contributed by atoms with Gasteiger partial charge < -0.3 is 20.3 Å². The highest BCUT2D eigenvalue weighted by molar-refractivity contribution is 5.66. The van der Waals surface area contributed by atoms with E-state index in [1.165, 1.54) is 5.56 Å². The summed E-state index contributed by atoms with van der Waals surface area (Å²) >= 11 is 0. The molecule has 4 nitrogen and oxygen atoms in total. The molecular weight excluding hydrogens is 214 g/mol. The van der Waals surface area contributed by atoms with Crippen molar-refractivity contribution in [1.29, 1.82) is 0 Å². The van der Waals surface area contributed by atoms with Gasteiger partial charge >= 0.3 is 0 Å². The molecule has 1 aromatic carbocycles. The second-order valence-electron chi connectivity index (χ2n) is 4.61. The minimum absolute atomic E-state index is 0.690. The summed E-state index contributed by atoms with van der Waals surface area (Å²) in [4.78, 5) is 4.39. The average molecular weight is 237 g/mol. The minimum Gasteiger partial charge on any atom is -0.495 e. The van der Waals surface area contributed by atoms with Crippen molar-refractivity contribution >= 4 is 11.4 Å². The van der Waals surface area contributed by atoms with Gasteiger partial charge in [0.2, 0.25) is 0 Å². The molecule has 96 valence electrons. The lowest BCUT2D eigenvalue weighted by atomic mass is 10.1. The molecule has 0 radical (unpaired) electrons. The van der Waals surface area contributed by atoms with Gasteiger partial charge in [0.1, 0.15) is 5.75 Å². The van der Waals surface area contributed by atoms with Gasteiger partial charge in [-0.25, -0.2) is 0 Å². The summed E-state index contributed by atoms with van der Waals surface area (Å²) in [6, 6.07) is 3.96. The molecule has 0 saturated carbocycles. The maximum absolute atomic E-state index is 5.87. The van der Waals surface area contributed by atoms with Gasteiger partial charge in [0.25, 0.3) is 0 Å². The number of nitrogens with zero attached hydrogens (tertiary/aromatic N) is 2. The Morgan fingerprint density at radius 1 is 1.18 bits per heavy atom. The predicted octanol–water partition coefficient (Wildman–Crippen LogP) is 1.58. The van der Waals surface area contributed by atoms with E-state index in [0.717, 1.165) is 24.5 Å². The first-order chi connectivity index (χ1) is 7.95. The SMILES string of the molecule is COc1cc(N(C)CCN(C)C)c(C)cc1N. The van der Waals surface area contributed by atoms with Gasteiger partial charge in [0.15, 0.2) is 0 Å². The number of likely N-dealkylation sites (N-methyl/N-ethyl adjacent to an activating group) is 2. The van der Waals surface area contributed by atoms with Crippen LogP contribution in [0.3, 0.4) is 0 Å². The lowest BCUT2D eigenvalue weighted by molar-refractivity contribution is 0.413. The van der Waals surface area contributed by atoms with E-state index in [1.54, 1.807) is 7.11 Å². The molecule has 0 unspecified atom stereocenters. The Morgan fingerprint density at radius 3 is 2.35 bits per heavy atom. The van der Waals surface area contributed by atoms with Crippen molar-refractivity contribution in [2.45, 2.75) is 6.92 Å². The van der Waals surface area contributed by atoms with Gasteiger partial charge in [-0.1, -0.05) is 0 Å². The first-order valence-electron chi connectivity index (χ1n) is 5.75. The molecule has 0 aliphatic heterocycles. The highest BCUT2D eigenvalue weighted by atomic mass is 16.5. The maximum Gasteiger partial charge on any atom is 0.143 e. The quantitative estimate of drug-likeness (QED) is 0.790. The first-order valence-corrected chi connectivity index (χ1v) is 5.75. The third kappa shape index (κ3) is 3.53. The second kappa shape index (κ2) is 5.77. The third-order valence-corrected chi connectivity index (χ3v) is 2.84. The number of aryl methyl sites for hydroxylation is 1. The van der Waals surface area contributed by atoms with Crippen molar-refractivity contribution in [1.82, 2.24) is 4.90 Å². The number of rotatable bonds is 5. The number of ether oxygens (including phenoxy) is 1. The number of nitrogens with two attached hydrogens (primary N) is 1. The van der Waals surface area contributed by atoms with Crippen molar-refractivity contribution in [3.8, 4) is 5.75 Å². The number of benzene rings is 1. The Morgan fingerprint density at radius 2 is 1.82 bits per heavy atom. The van der Waals surface area contributed by atoms with E-state index in [-0.39, 0.29) is 0 Å². The zero-order chi connectivity index (χ0) is 13.0. The molecule has 1 rings (SSSR count). The fourth-order valence-corrected chi connectivity index (χ4v) is 1.76. The van der Waals surface area contributed by atoms with Gasteiger partial charge in [-0.05, 0) is 32.6 Å². The van der Waals surface area contributed by atoms with E-state index in [0.29, 0.717) is 5.69 Å². The first kappa shape index (κ1) is 13.6. The van der Waals surface area contributed by atoms with Crippen LogP contribution in [0.25, 0.3) is 0 Å². The Hall–Kier alpha value is -1.42. The average Bonchev–Trinajstić information content (AvgIpc) is 2.26. The second-order valence-corrected chi connectivity index (χ2v) is 4.61. The molecule has 0 atom stereocenters. The summed E-state index contributed by atoms with van der Waals surface area (Å²) in [7, 11) is 7.88. The smallest absolute Gasteiger partial charge is 0.143 e. The molecule has 0 aliphatic rings. The van der Waals surface area contributed by atoms with Crippen LogP contribution in [0.2, 0.25) is 0 Å². The van der Waals surface area contributed by atoms with Gasteiger partial charge in [-0.3, -0.25) is 0 Å². The van der Waals surface area contributed by atoms with Gasteiger partial charge in [-0.2, -0.15) is 0 Å². The molecule has 0 spiro atoms. The van der Waals surface area contributed by atoms with E-state index in [9.17, 15) is 0 Å². The number of nitrogen functional groups attached to an aromatic ring is 1. The summed E-state index contributed by atoms with van der Waals surface area (Å²) in [5, 5.41) is 0. The van der Waals surface area contributed by atoms with Crippen LogP contribution in [0.15, 0.2) is 12.1 Å². The summed E-state index contributed by atoms with van der Waals surface area (Å²) in [5.74, 6) is 0.738. The number of methoxy groups -OCH3 is 1. The molecule has 0 aromatic heterocycles. The fraction of sp³-hybridized carbons (Fsp3) is 0.538. The minimum atomic E-state index is 0.690. The number of hydrogen-bond donors (Lipinski definition) is 1. The molecule has 0 saturated heterocycles. The molecule has 0 amide bonds. The predicted molar refractivity (Wildman–Crippen MR) is 74.0 cm³/mol. The van der Waals surface area contributed by atoms with Crippen molar-refractivity contribution < 1.29 is 4.74 Å². The summed E-state index contributed by atoms with van der Waals surface area (Å²) in [6.45, 7) is 4.06. The third-order valence-electron chi connectivity index (χ3n) is 2.84. The molecule has 2 N–H and O–H groups in total. The van der Waals surface area contributed by atoms with Crippen LogP contribution < -0.4 is 15.4 Å². The van der Waals surface area contributed by atoms with Crippen molar-refractivity contribution in [2.24, 2.45) is 0 Å². The van der Waals surface area contributed by atoms with Crippen LogP contribution in [-0.4, -0.2) is 46.2 Å². The Balaban J connectivity index is 2.89. The van der Waals surface area contributed by atoms with Crippen LogP contribution in [0, 0.1) is 6.92 Å². The monoisotopic (exact) mass is 237 g/mol. The molecule has 0 heterocycles. The lowest BCUT2D eigenvalue weighted by Crippen LogP contribution is -2.28. The topological polar surface area (TPSA) is 41.7 Å². The molecule has 17 heavy (non-hydrogen) atoms. The number of anilines is 2. The van der Waals surface area contributed by atoms with E-state index < -0.39 is 0 Å². The van der Waals surface area contributed by atoms with Gasteiger partial charge in [-0.15, -0.1) is 0 Å². The van der Waals surface area contributed by atoms with Crippen LogP contribution in [0.1, 0.15) is 5.56 Å². The summed E-state index contributed by atoms with van der Waals surface area (Å²) < 4.78 is 5.25. The van der Waals surface area contributed by atoms with E-state index >= 15 is 0 Å². The van der Waals surface area contributed by atoms with Crippen LogP contribution in [0.4, 0.5) is 11.4 Å². The van der Waals surface area contributed by atoms with Crippen LogP contribution >= 0.6 is 0 Å². The van der Waals surface area contributed by atoms with Crippen LogP contribution in [0.5, 0.6) is 5.75 Å². The highest BCUT2D eigenvalue weighted by Crippen LogP contribution is 2.30. The molecule has 0 fully saturated rings. The zero-order valence-electron chi connectivity index (χ0n) is 11.4. The molecular formula is C13H23N3O. The van der Waals surface area contributed by atoms with E-state index in [2.05, 4.69) is 37.9 Å². The normalized spacial score (nSPS) is 10.7. The lowest BCUT2D eigenvalue weighted by Gasteiger charge is -2.24. The van der Waals surface area contributed by atoms with Crippen molar-refractivity contribution in [3.05, 3.63) is 17.7 Å².